The lowest BCUT2D eigenvalue weighted by Gasteiger charge is -2.19. The smallest absolute Gasteiger partial charge is 0.257 e. The topological polar surface area (TPSA) is 133 Å². The van der Waals surface area contributed by atoms with Crippen molar-refractivity contribution in [1.82, 2.24) is 14.7 Å². The summed E-state index contributed by atoms with van der Waals surface area (Å²) in [6.45, 7) is 0. The Bertz CT molecular complexity index is 524. The lowest BCUT2D eigenvalue weighted by Crippen LogP contribution is -2.42. The summed E-state index contributed by atoms with van der Waals surface area (Å²) in [5.74, 6) is -0.211. The van der Waals surface area contributed by atoms with Crippen molar-refractivity contribution in [3.05, 3.63) is 12.5 Å². The van der Waals surface area contributed by atoms with E-state index in [1.54, 1.807) is 0 Å². The second-order valence-electron chi connectivity index (χ2n) is 4.21. The summed E-state index contributed by atoms with van der Waals surface area (Å²) >= 11 is 0. The molecule has 0 amide bonds. The third-order valence-corrected chi connectivity index (χ3v) is 4.50. The highest BCUT2D eigenvalue weighted by Crippen LogP contribution is 2.27. The van der Waals surface area contributed by atoms with Crippen LogP contribution in [0.25, 0.3) is 0 Å². The Morgan fingerprint density at radius 1 is 1.61 bits per heavy atom. The van der Waals surface area contributed by atoms with Gasteiger partial charge in [0.15, 0.2) is 5.03 Å². The number of nitrogens with two attached hydrogens (primary N) is 1. The Hall–Kier alpha value is -1.61. The normalized spacial score (nSPS) is 25.4. The zero-order valence-corrected chi connectivity index (χ0v) is 10.4. The van der Waals surface area contributed by atoms with Crippen LogP contribution in [0.2, 0.25) is 0 Å². The number of sulfonamides is 1. The van der Waals surface area contributed by atoms with Gasteiger partial charge in [-0.25, -0.2) is 18.1 Å². The predicted octanol–water partition coefficient (Wildman–Crippen LogP) is -0.397. The molecule has 1 aromatic heterocycles. The molecule has 100 valence electrons. The third-order valence-electron chi connectivity index (χ3n) is 3.08. The van der Waals surface area contributed by atoms with Crippen molar-refractivity contribution in [3.8, 4) is 0 Å². The van der Waals surface area contributed by atoms with Gasteiger partial charge in [-0.05, 0) is 12.8 Å². The van der Waals surface area contributed by atoms with Crippen molar-refractivity contribution >= 4 is 15.9 Å². The van der Waals surface area contributed by atoms with E-state index in [-0.39, 0.29) is 22.8 Å². The fourth-order valence-corrected chi connectivity index (χ4v) is 3.40. The zero-order valence-electron chi connectivity index (χ0n) is 9.57. The fraction of sp³-hybridized carbons (Fsp3) is 0.556. The van der Waals surface area contributed by atoms with Crippen LogP contribution in [0.1, 0.15) is 19.3 Å². The molecule has 18 heavy (non-hydrogen) atoms. The van der Waals surface area contributed by atoms with Crippen LogP contribution in [-0.4, -0.2) is 35.5 Å². The van der Waals surface area contributed by atoms with Crippen LogP contribution in [-0.2, 0) is 10.0 Å². The lowest BCUT2D eigenvalue weighted by atomic mass is 10.0. The summed E-state index contributed by atoms with van der Waals surface area (Å²) in [5.41, 5.74) is 5.55. The Kier molecular flexibility index (Phi) is 3.53. The molecule has 2 rings (SSSR count). The molecule has 1 heterocycles. The van der Waals surface area contributed by atoms with Gasteiger partial charge in [-0.3, -0.25) is 0 Å². The average Bonchev–Trinajstić information content (AvgIpc) is 2.97. The molecule has 0 aliphatic heterocycles. The lowest BCUT2D eigenvalue weighted by molar-refractivity contribution is 0.312. The quantitative estimate of drug-likeness (QED) is 0.256. The largest absolute Gasteiger partial charge is 0.409 e. The monoisotopic (exact) mass is 273 g/mol. The first-order valence-corrected chi connectivity index (χ1v) is 7.01. The number of rotatable bonds is 4. The van der Waals surface area contributed by atoms with Crippen LogP contribution >= 0.6 is 0 Å². The van der Waals surface area contributed by atoms with Crippen molar-refractivity contribution in [1.29, 1.82) is 0 Å². The van der Waals surface area contributed by atoms with Gasteiger partial charge in [0.1, 0.15) is 5.84 Å². The van der Waals surface area contributed by atoms with E-state index in [4.69, 9.17) is 10.9 Å². The molecule has 0 aromatic carbocycles. The van der Waals surface area contributed by atoms with E-state index in [2.05, 4.69) is 19.8 Å². The van der Waals surface area contributed by atoms with Crippen LogP contribution < -0.4 is 10.5 Å². The van der Waals surface area contributed by atoms with Gasteiger partial charge in [-0.2, -0.15) is 0 Å². The Balaban J connectivity index is 2.14. The molecule has 1 fully saturated rings. The minimum Gasteiger partial charge on any atom is -0.409 e. The number of nitrogens with zero attached hydrogens (tertiary/aromatic N) is 2. The number of hydrogen-bond donors (Lipinski definition) is 4. The van der Waals surface area contributed by atoms with Gasteiger partial charge < -0.3 is 15.9 Å². The zero-order chi connectivity index (χ0) is 13.2. The summed E-state index contributed by atoms with van der Waals surface area (Å²) in [7, 11) is -3.64. The molecule has 1 aliphatic carbocycles. The molecule has 5 N–H and O–H groups in total. The van der Waals surface area contributed by atoms with E-state index in [1.165, 1.54) is 12.5 Å². The number of amidine groups is 1. The molecule has 0 spiro atoms. The van der Waals surface area contributed by atoms with E-state index in [9.17, 15) is 8.42 Å². The molecule has 1 saturated carbocycles. The van der Waals surface area contributed by atoms with Gasteiger partial charge in [-0.15, -0.1) is 0 Å². The van der Waals surface area contributed by atoms with E-state index in [0.29, 0.717) is 12.8 Å². The first-order chi connectivity index (χ1) is 8.54. The molecule has 0 bridgehead atoms. The number of oxime groups is 1. The molecule has 1 aromatic rings. The first-order valence-electron chi connectivity index (χ1n) is 5.52. The van der Waals surface area contributed by atoms with Crippen LogP contribution in [0.15, 0.2) is 22.7 Å². The van der Waals surface area contributed by atoms with Gasteiger partial charge in [0.05, 0.1) is 12.5 Å². The standard InChI is InChI=1S/C9H15N5O3S/c10-9(13-15)6-2-1-3-7(6)14-18(16,17)8-4-11-5-12-8/h4-7,14-15H,1-3H2,(H2,10,13)(H,11,12). The highest BCUT2D eigenvalue weighted by Gasteiger charge is 2.34. The van der Waals surface area contributed by atoms with E-state index < -0.39 is 10.0 Å². The van der Waals surface area contributed by atoms with Crippen LogP contribution in [0, 0.1) is 5.92 Å². The number of H-pyrrole nitrogens is 1. The number of imidazole rings is 1. The summed E-state index contributed by atoms with van der Waals surface area (Å²) in [5, 5.41) is 11.6. The fourth-order valence-electron chi connectivity index (χ4n) is 2.18. The van der Waals surface area contributed by atoms with E-state index in [1.807, 2.05) is 0 Å². The van der Waals surface area contributed by atoms with E-state index >= 15 is 0 Å². The van der Waals surface area contributed by atoms with Crippen LogP contribution in [0.4, 0.5) is 0 Å². The Morgan fingerprint density at radius 2 is 2.39 bits per heavy atom. The Labute approximate surface area is 104 Å². The molecule has 2 atom stereocenters. The predicted molar refractivity (Wildman–Crippen MR) is 63.4 cm³/mol. The number of aromatic amines is 1. The van der Waals surface area contributed by atoms with Gasteiger partial charge in [-0.1, -0.05) is 11.6 Å². The van der Waals surface area contributed by atoms with Crippen molar-refractivity contribution < 1.29 is 13.6 Å². The molecule has 0 saturated heterocycles. The first kappa shape index (κ1) is 12.8. The van der Waals surface area contributed by atoms with Crippen LogP contribution in [0.3, 0.4) is 0 Å². The van der Waals surface area contributed by atoms with Gasteiger partial charge in [0, 0.05) is 12.0 Å². The van der Waals surface area contributed by atoms with Crippen molar-refractivity contribution in [2.45, 2.75) is 30.3 Å². The second kappa shape index (κ2) is 4.94. The SMILES string of the molecule is NC(=NO)C1CCCC1NS(=O)(=O)c1cnc[nH]1. The number of hydrogen-bond acceptors (Lipinski definition) is 5. The molecular formula is C9H15N5O3S. The molecule has 2 unspecified atom stereocenters. The molecule has 0 radical (unpaired) electrons. The van der Waals surface area contributed by atoms with Crippen molar-refractivity contribution in [2.24, 2.45) is 16.8 Å². The highest BCUT2D eigenvalue weighted by molar-refractivity contribution is 7.89. The maximum atomic E-state index is 12.0. The molecule has 1 aliphatic rings. The highest BCUT2D eigenvalue weighted by atomic mass is 32.2. The Morgan fingerprint density at radius 3 is 3.00 bits per heavy atom. The minimum atomic E-state index is -3.64. The van der Waals surface area contributed by atoms with Crippen LogP contribution in [0.5, 0.6) is 0 Å². The average molecular weight is 273 g/mol. The van der Waals surface area contributed by atoms with Crippen molar-refractivity contribution in [2.75, 3.05) is 0 Å². The van der Waals surface area contributed by atoms with Gasteiger partial charge in [0.25, 0.3) is 10.0 Å². The maximum absolute atomic E-state index is 12.0. The molecule has 9 heteroatoms. The summed E-state index contributed by atoms with van der Waals surface area (Å²) in [6.07, 6.45) is 4.72. The molecular weight excluding hydrogens is 258 g/mol. The summed E-state index contributed by atoms with van der Waals surface area (Å²) < 4.78 is 26.5. The second-order valence-corrected chi connectivity index (χ2v) is 5.89. The maximum Gasteiger partial charge on any atom is 0.257 e. The summed E-state index contributed by atoms with van der Waals surface area (Å²) in [4.78, 5) is 6.21. The van der Waals surface area contributed by atoms with Crippen molar-refractivity contribution in [3.63, 3.8) is 0 Å². The number of aromatic nitrogens is 2. The minimum absolute atomic E-state index is 0.00709. The van der Waals surface area contributed by atoms with Gasteiger partial charge >= 0.3 is 0 Å². The third kappa shape index (κ3) is 2.46. The van der Waals surface area contributed by atoms with Gasteiger partial charge in [0.2, 0.25) is 0 Å². The van der Waals surface area contributed by atoms with E-state index in [0.717, 1.165) is 6.42 Å². The number of nitrogens with one attached hydrogen (secondary N) is 2. The molecule has 8 nitrogen and oxygen atoms in total. The summed E-state index contributed by atoms with van der Waals surface area (Å²) in [6, 6.07) is -0.353.